The Morgan fingerprint density at radius 1 is 1.53 bits per heavy atom. The standard InChI is InChI=1S/C13H18N2O2/c1-8-5-11(14)7-15-12(8)9-3-2-4-10(6-9)13(16)17/h2-4,6,8,11-12,15H,5,7,14H2,1H3,(H,16,17). The predicted molar refractivity (Wildman–Crippen MR) is 65.9 cm³/mol. The number of rotatable bonds is 2. The van der Waals surface area contributed by atoms with Crippen molar-refractivity contribution in [1.82, 2.24) is 5.32 Å². The molecule has 1 saturated heterocycles. The maximum absolute atomic E-state index is 10.9. The van der Waals surface area contributed by atoms with Gasteiger partial charge in [-0.2, -0.15) is 0 Å². The SMILES string of the molecule is CC1CC(N)CNC1c1cccc(C(=O)O)c1. The third kappa shape index (κ3) is 2.65. The number of hydrogen-bond donors (Lipinski definition) is 3. The Hall–Kier alpha value is -1.39. The highest BCUT2D eigenvalue weighted by Crippen LogP contribution is 2.28. The lowest BCUT2D eigenvalue weighted by atomic mass is 9.85. The van der Waals surface area contributed by atoms with Crippen LogP contribution in [0.2, 0.25) is 0 Å². The molecule has 4 heteroatoms. The highest BCUT2D eigenvalue weighted by Gasteiger charge is 2.26. The van der Waals surface area contributed by atoms with Crippen molar-refractivity contribution in [3.63, 3.8) is 0 Å². The van der Waals surface area contributed by atoms with Gasteiger partial charge < -0.3 is 16.2 Å². The fourth-order valence-electron chi connectivity index (χ4n) is 2.49. The third-order valence-corrected chi connectivity index (χ3v) is 3.34. The maximum atomic E-state index is 10.9. The summed E-state index contributed by atoms with van der Waals surface area (Å²) in [6.45, 7) is 2.93. The molecule has 2 rings (SSSR count). The molecule has 17 heavy (non-hydrogen) atoms. The molecular formula is C13H18N2O2. The van der Waals surface area contributed by atoms with Crippen LogP contribution in [0.1, 0.15) is 35.3 Å². The zero-order chi connectivity index (χ0) is 12.4. The number of carbonyl (C=O) groups is 1. The van der Waals surface area contributed by atoms with Gasteiger partial charge in [-0.1, -0.05) is 19.1 Å². The second-order valence-electron chi connectivity index (χ2n) is 4.79. The minimum atomic E-state index is -0.882. The molecule has 0 radical (unpaired) electrons. The molecule has 0 spiro atoms. The van der Waals surface area contributed by atoms with E-state index in [0.29, 0.717) is 11.5 Å². The average Bonchev–Trinajstić information content (AvgIpc) is 2.29. The zero-order valence-corrected chi connectivity index (χ0v) is 9.89. The van der Waals surface area contributed by atoms with Crippen LogP contribution >= 0.6 is 0 Å². The van der Waals surface area contributed by atoms with Crippen LogP contribution in [0.5, 0.6) is 0 Å². The summed E-state index contributed by atoms with van der Waals surface area (Å²) in [6.07, 6.45) is 0.967. The van der Waals surface area contributed by atoms with Crippen molar-refractivity contribution < 1.29 is 9.90 Å². The van der Waals surface area contributed by atoms with Crippen molar-refractivity contribution in [2.24, 2.45) is 11.7 Å². The molecule has 1 fully saturated rings. The predicted octanol–water partition coefficient (Wildman–Crippen LogP) is 1.38. The normalized spacial score (nSPS) is 28.9. The van der Waals surface area contributed by atoms with E-state index in [4.69, 9.17) is 10.8 Å². The number of aromatic carboxylic acids is 1. The van der Waals surface area contributed by atoms with Gasteiger partial charge in [-0.05, 0) is 30.0 Å². The molecule has 1 heterocycles. The van der Waals surface area contributed by atoms with Crippen LogP contribution in [0.25, 0.3) is 0 Å². The summed E-state index contributed by atoms with van der Waals surface area (Å²) in [5.74, 6) is -0.463. The molecule has 0 saturated carbocycles. The number of carboxylic acid groups (broad SMARTS) is 1. The Morgan fingerprint density at radius 2 is 2.29 bits per heavy atom. The van der Waals surface area contributed by atoms with Crippen LogP contribution in [-0.2, 0) is 0 Å². The molecule has 1 aromatic carbocycles. The topological polar surface area (TPSA) is 75.3 Å². The molecule has 0 bridgehead atoms. The van der Waals surface area contributed by atoms with Crippen molar-refractivity contribution >= 4 is 5.97 Å². The first kappa shape index (κ1) is 12.1. The van der Waals surface area contributed by atoms with Crippen molar-refractivity contribution in [3.05, 3.63) is 35.4 Å². The lowest BCUT2D eigenvalue weighted by Crippen LogP contribution is -2.45. The Kier molecular flexibility index (Phi) is 3.45. The molecule has 3 atom stereocenters. The summed E-state index contributed by atoms with van der Waals surface area (Å²) in [5, 5.41) is 12.4. The first-order valence-electron chi connectivity index (χ1n) is 5.90. The van der Waals surface area contributed by atoms with Crippen LogP contribution < -0.4 is 11.1 Å². The van der Waals surface area contributed by atoms with Gasteiger partial charge in [0.15, 0.2) is 0 Å². The van der Waals surface area contributed by atoms with Gasteiger partial charge >= 0.3 is 5.97 Å². The van der Waals surface area contributed by atoms with Crippen LogP contribution in [0.4, 0.5) is 0 Å². The van der Waals surface area contributed by atoms with Gasteiger partial charge in [-0.25, -0.2) is 4.79 Å². The van der Waals surface area contributed by atoms with E-state index in [2.05, 4.69) is 12.2 Å². The van der Waals surface area contributed by atoms with E-state index in [-0.39, 0.29) is 12.1 Å². The second kappa shape index (κ2) is 4.85. The first-order valence-corrected chi connectivity index (χ1v) is 5.90. The van der Waals surface area contributed by atoms with Gasteiger partial charge in [-0.3, -0.25) is 0 Å². The van der Waals surface area contributed by atoms with Crippen LogP contribution in [0, 0.1) is 5.92 Å². The van der Waals surface area contributed by atoms with E-state index in [9.17, 15) is 4.79 Å². The molecule has 1 aliphatic heterocycles. The minimum absolute atomic E-state index is 0.198. The van der Waals surface area contributed by atoms with Crippen molar-refractivity contribution in [2.45, 2.75) is 25.4 Å². The lowest BCUT2D eigenvalue weighted by molar-refractivity contribution is 0.0696. The highest BCUT2D eigenvalue weighted by molar-refractivity contribution is 5.87. The molecule has 4 nitrogen and oxygen atoms in total. The summed E-state index contributed by atoms with van der Waals surface area (Å²) in [5.41, 5.74) is 7.26. The van der Waals surface area contributed by atoms with Gasteiger partial charge in [0.05, 0.1) is 5.56 Å². The average molecular weight is 234 g/mol. The van der Waals surface area contributed by atoms with E-state index in [1.807, 2.05) is 6.07 Å². The van der Waals surface area contributed by atoms with Crippen molar-refractivity contribution in [1.29, 1.82) is 0 Å². The molecule has 0 aromatic heterocycles. The number of piperidine rings is 1. The second-order valence-corrected chi connectivity index (χ2v) is 4.79. The molecule has 3 unspecified atom stereocenters. The number of carboxylic acids is 1. The Bertz CT molecular complexity index is 420. The number of benzene rings is 1. The largest absolute Gasteiger partial charge is 0.478 e. The summed E-state index contributed by atoms with van der Waals surface area (Å²) >= 11 is 0. The quantitative estimate of drug-likeness (QED) is 0.722. The Labute approximate surface area is 101 Å². The monoisotopic (exact) mass is 234 g/mol. The van der Waals surface area contributed by atoms with Gasteiger partial charge in [0.25, 0.3) is 0 Å². The molecule has 92 valence electrons. The number of nitrogens with one attached hydrogen (secondary N) is 1. The summed E-state index contributed by atoms with van der Waals surface area (Å²) < 4.78 is 0. The Balaban J connectivity index is 2.22. The summed E-state index contributed by atoms with van der Waals surface area (Å²) in [7, 11) is 0. The molecular weight excluding hydrogens is 216 g/mol. The fraction of sp³-hybridized carbons (Fsp3) is 0.462. The minimum Gasteiger partial charge on any atom is -0.478 e. The zero-order valence-electron chi connectivity index (χ0n) is 9.89. The number of nitrogens with two attached hydrogens (primary N) is 1. The van der Waals surface area contributed by atoms with Crippen molar-refractivity contribution in [2.75, 3.05) is 6.54 Å². The molecule has 1 aromatic rings. The van der Waals surface area contributed by atoms with E-state index in [1.165, 1.54) is 0 Å². The lowest BCUT2D eigenvalue weighted by Gasteiger charge is -2.34. The molecule has 4 N–H and O–H groups in total. The van der Waals surface area contributed by atoms with E-state index in [0.717, 1.165) is 18.5 Å². The molecule has 1 aliphatic rings. The van der Waals surface area contributed by atoms with Crippen LogP contribution in [0.15, 0.2) is 24.3 Å². The highest BCUT2D eigenvalue weighted by atomic mass is 16.4. The van der Waals surface area contributed by atoms with Gasteiger partial charge in [-0.15, -0.1) is 0 Å². The number of hydrogen-bond acceptors (Lipinski definition) is 3. The maximum Gasteiger partial charge on any atom is 0.335 e. The molecule has 0 aliphatic carbocycles. The van der Waals surface area contributed by atoms with Crippen LogP contribution in [0.3, 0.4) is 0 Å². The molecule has 0 amide bonds. The smallest absolute Gasteiger partial charge is 0.335 e. The fourth-order valence-corrected chi connectivity index (χ4v) is 2.49. The van der Waals surface area contributed by atoms with Crippen LogP contribution in [-0.4, -0.2) is 23.7 Å². The van der Waals surface area contributed by atoms with Gasteiger partial charge in [0.1, 0.15) is 0 Å². The van der Waals surface area contributed by atoms with Gasteiger partial charge in [0, 0.05) is 18.6 Å². The third-order valence-electron chi connectivity index (χ3n) is 3.34. The Morgan fingerprint density at radius 3 is 2.94 bits per heavy atom. The van der Waals surface area contributed by atoms with E-state index >= 15 is 0 Å². The first-order chi connectivity index (χ1) is 8.08. The summed E-state index contributed by atoms with van der Waals surface area (Å²) in [6, 6.07) is 7.52. The van der Waals surface area contributed by atoms with Gasteiger partial charge in [0.2, 0.25) is 0 Å². The van der Waals surface area contributed by atoms with E-state index < -0.39 is 5.97 Å². The van der Waals surface area contributed by atoms with Crippen molar-refractivity contribution in [3.8, 4) is 0 Å². The summed E-state index contributed by atoms with van der Waals surface area (Å²) in [4.78, 5) is 10.9. The van der Waals surface area contributed by atoms with E-state index in [1.54, 1.807) is 18.2 Å².